The molecule has 0 amide bonds. The van der Waals surface area contributed by atoms with Crippen LogP contribution in [0.2, 0.25) is 0 Å². The van der Waals surface area contributed by atoms with Gasteiger partial charge in [-0.25, -0.2) is 0 Å². The van der Waals surface area contributed by atoms with Crippen molar-refractivity contribution in [3.8, 4) is 0 Å². The molecule has 0 radical (unpaired) electrons. The van der Waals surface area contributed by atoms with Crippen molar-refractivity contribution < 1.29 is 14.3 Å². The van der Waals surface area contributed by atoms with Crippen LogP contribution in [-0.2, 0) is 14.3 Å². The first-order valence-corrected chi connectivity index (χ1v) is 7.43. The second-order valence-corrected chi connectivity index (χ2v) is 6.04. The monoisotopic (exact) mass is 290 g/mol. The summed E-state index contributed by atoms with van der Waals surface area (Å²) in [6, 6.07) is 9.53. The van der Waals surface area contributed by atoms with Gasteiger partial charge in [-0.15, -0.1) is 0 Å². The van der Waals surface area contributed by atoms with Crippen LogP contribution in [0.4, 0.5) is 0 Å². The first-order valence-electron chi connectivity index (χ1n) is 6.62. The van der Waals surface area contributed by atoms with Gasteiger partial charge >= 0.3 is 5.97 Å². The second kappa shape index (κ2) is 6.75. The maximum atomic E-state index is 12.5. The van der Waals surface area contributed by atoms with Gasteiger partial charge in [-0.3, -0.25) is 9.59 Å². The van der Waals surface area contributed by atoms with Crippen LogP contribution < -0.4 is 0 Å². The van der Waals surface area contributed by atoms with E-state index in [0.29, 0.717) is 12.8 Å². The van der Waals surface area contributed by atoms with E-state index < -0.39 is 0 Å². The molecule has 3 nitrogen and oxygen atoms in total. The summed E-state index contributed by atoms with van der Waals surface area (Å²) in [7, 11) is 1.37. The van der Waals surface area contributed by atoms with Gasteiger partial charge < -0.3 is 4.74 Å². The number of esters is 1. The van der Waals surface area contributed by atoms with Crippen LogP contribution in [0.15, 0.2) is 46.9 Å². The van der Waals surface area contributed by atoms with Crippen molar-refractivity contribution in [2.24, 2.45) is 11.8 Å². The lowest BCUT2D eigenvalue weighted by Crippen LogP contribution is -2.31. The van der Waals surface area contributed by atoms with Crippen LogP contribution >= 0.6 is 11.8 Å². The zero-order valence-corrected chi connectivity index (χ0v) is 12.5. The molecule has 1 aromatic carbocycles. The van der Waals surface area contributed by atoms with E-state index in [1.54, 1.807) is 0 Å². The van der Waals surface area contributed by atoms with Gasteiger partial charge in [-0.05, 0) is 31.9 Å². The third-order valence-electron chi connectivity index (χ3n) is 3.52. The third-order valence-corrected chi connectivity index (χ3v) is 4.53. The first-order chi connectivity index (χ1) is 9.61. The summed E-state index contributed by atoms with van der Waals surface area (Å²) in [5.74, 6) is -0.939. The molecule has 0 spiro atoms. The highest BCUT2D eigenvalue weighted by molar-refractivity contribution is 8.13. The van der Waals surface area contributed by atoms with Crippen molar-refractivity contribution in [1.29, 1.82) is 0 Å². The lowest BCUT2D eigenvalue weighted by molar-refractivity contribution is -0.149. The lowest BCUT2D eigenvalue weighted by Gasteiger charge is -2.27. The third kappa shape index (κ3) is 3.51. The highest BCUT2D eigenvalue weighted by atomic mass is 32.2. The Bertz CT molecular complexity index is 522. The van der Waals surface area contributed by atoms with E-state index >= 15 is 0 Å². The van der Waals surface area contributed by atoms with E-state index in [9.17, 15) is 9.59 Å². The Hall–Kier alpha value is -1.55. The number of methoxy groups -OCH3 is 1. The molecule has 106 valence electrons. The Morgan fingerprint density at radius 3 is 2.55 bits per heavy atom. The summed E-state index contributed by atoms with van der Waals surface area (Å²) in [5, 5.41) is 0.0408. The van der Waals surface area contributed by atoms with Gasteiger partial charge in [0, 0.05) is 10.8 Å². The molecule has 0 heterocycles. The number of carbonyl (C=O) groups is 2. The average molecular weight is 290 g/mol. The second-order valence-electron chi connectivity index (χ2n) is 4.96. The number of ether oxygens (including phenoxy) is 1. The minimum atomic E-state index is -0.354. The lowest BCUT2D eigenvalue weighted by atomic mass is 9.81. The largest absolute Gasteiger partial charge is 0.469 e. The van der Waals surface area contributed by atoms with Gasteiger partial charge in [-0.2, -0.15) is 0 Å². The van der Waals surface area contributed by atoms with Crippen molar-refractivity contribution in [3.05, 3.63) is 42.0 Å². The molecule has 0 aromatic heterocycles. The Labute approximate surface area is 123 Å². The average Bonchev–Trinajstić information content (AvgIpc) is 2.47. The molecule has 1 aliphatic rings. The molecule has 0 unspecified atom stereocenters. The zero-order chi connectivity index (χ0) is 14.5. The van der Waals surface area contributed by atoms with E-state index in [0.717, 1.165) is 10.5 Å². The van der Waals surface area contributed by atoms with Crippen molar-refractivity contribution >= 4 is 22.8 Å². The number of hydrogen-bond acceptors (Lipinski definition) is 4. The summed E-state index contributed by atoms with van der Waals surface area (Å²) in [6.07, 6.45) is 3.25. The van der Waals surface area contributed by atoms with Gasteiger partial charge in [0.25, 0.3) is 0 Å². The molecule has 0 fully saturated rings. The van der Waals surface area contributed by atoms with E-state index in [1.165, 1.54) is 18.9 Å². The maximum Gasteiger partial charge on any atom is 0.309 e. The van der Waals surface area contributed by atoms with Gasteiger partial charge in [0.15, 0.2) is 5.12 Å². The number of hydrogen-bond donors (Lipinski definition) is 0. The quantitative estimate of drug-likeness (QED) is 0.486. The SMILES string of the molecule is COC(=O)[C@H]1CC=C(C)C[C@@H]1C(=O)Sc1ccccc1. The smallest absolute Gasteiger partial charge is 0.309 e. The van der Waals surface area contributed by atoms with Gasteiger partial charge in [0.1, 0.15) is 0 Å². The highest BCUT2D eigenvalue weighted by Crippen LogP contribution is 2.35. The van der Waals surface area contributed by atoms with Crippen LogP contribution in [0.25, 0.3) is 0 Å². The fourth-order valence-corrected chi connectivity index (χ4v) is 3.33. The van der Waals surface area contributed by atoms with Crippen LogP contribution in [-0.4, -0.2) is 18.2 Å². The Kier molecular flexibility index (Phi) is 5.01. The van der Waals surface area contributed by atoms with Gasteiger partial charge in [0.2, 0.25) is 0 Å². The molecular weight excluding hydrogens is 272 g/mol. The minimum absolute atomic E-state index is 0.0408. The normalized spacial score (nSPS) is 22.0. The molecule has 1 aromatic rings. The van der Waals surface area contributed by atoms with Crippen molar-refractivity contribution in [2.45, 2.75) is 24.7 Å². The summed E-state index contributed by atoms with van der Waals surface area (Å²) in [4.78, 5) is 25.2. The highest BCUT2D eigenvalue weighted by Gasteiger charge is 2.36. The Morgan fingerprint density at radius 1 is 1.20 bits per heavy atom. The van der Waals surface area contributed by atoms with Crippen LogP contribution in [0.3, 0.4) is 0 Å². The summed E-state index contributed by atoms with van der Waals surface area (Å²) in [5.41, 5.74) is 1.16. The maximum absolute atomic E-state index is 12.5. The fourth-order valence-electron chi connectivity index (χ4n) is 2.40. The summed E-state index contributed by atoms with van der Waals surface area (Å²) < 4.78 is 4.83. The van der Waals surface area contributed by atoms with Crippen LogP contribution in [0, 0.1) is 11.8 Å². The minimum Gasteiger partial charge on any atom is -0.469 e. The van der Waals surface area contributed by atoms with Gasteiger partial charge in [-0.1, -0.05) is 41.6 Å². The molecular formula is C16H18O3S. The van der Waals surface area contributed by atoms with E-state index in [-0.39, 0.29) is 22.9 Å². The summed E-state index contributed by atoms with van der Waals surface area (Å²) >= 11 is 1.21. The fraction of sp³-hybridized carbons (Fsp3) is 0.375. The molecule has 0 N–H and O–H groups in total. The first kappa shape index (κ1) is 14.9. The number of benzene rings is 1. The molecule has 20 heavy (non-hydrogen) atoms. The molecule has 0 saturated carbocycles. The molecule has 2 rings (SSSR count). The van der Waals surface area contributed by atoms with E-state index in [2.05, 4.69) is 0 Å². The van der Waals surface area contributed by atoms with E-state index in [4.69, 9.17) is 4.74 Å². The predicted octanol–water partition coefficient (Wildman–Crippen LogP) is 3.45. The number of carbonyl (C=O) groups excluding carboxylic acids is 2. The number of thioether (sulfide) groups is 1. The van der Waals surface area contributed by atoms with Gasteiger partial charge in [0.05, 0.1) is 13.0 Å². The van der Waals surface area contributed by atoms with Crippen LogP contribution in [0.1, 0.15) is 19.8 Å². The topological polar surface area (TPSA) is 43.4 Å². The molecule has 0 bridgehead atoms. The molecule has 0 saturated heterocycles. The Morgan fingerprint density at radius 2 is 1.90 bits per heavy atom. The standard InChI is InChI=1S/C16H18O3S/c1-11-8-9-13(15(17)19-2)14(10-11)16(18)20-12-6-4-3-5-7-12/h3-8,13-14H,9-10H2,1-2H3/t13-,14-/m0/s1. The number of rotatable bonds is 3. The van der Waals surface area contributed by atoms with E-state index in [1.807, 2.05) is 43.3 Å². The zero-order valence-electron chi connectivity index (χ0n) is 11.7. The summed E-state index contributed by atoms with van der Waals surface area (Å²) in [6.45, 7) is 2.00. The molecule has 1 aliphatic carbocycles. The number of allylic oxidation sites excluding steroid dienone is 2. The molecule has 2 atom stereocenters. The molecule has 0 aliphatic heterocycles. The van der Waals surface area contributed by atoms with Crippen molar-refractivity contribution in [3.63, 3.8) is 0 Å². The van der Waals surface area contributed by atoms with Crippen molar-refractivity contribution in [2.75, 3.05) is 7.11 Å². The predicted molar refractivity (Wildman–Crippen MR) is 79.3 cm³/mol. The van der Waals surface area contributed by atoms with Crippen LogP contribution in [0.5, 0.6) is 0 Å². The Balaban J connectivity index is 2.13. The van der Waals surface area contributed by atoms with Crippen molar-refractivity contribution in [1.82, 2.24) is 0 Å². The molecule has 4 heteroatoms.